The number of halogens is 5. The van der Waals surface area contributed by atoms with E-state index < -0.39 is 36.5 Å². The molecule has 156 valence electrons. The highest BCUT2D eigenvalue weighted by Gasteiger charge is 2.30. The average molecular weight is 425 g/mol. The van der Waals surface area contributed by atoms with Crippen LogP contribution >= 0.6 is 11.6 Å². The topological polar surface area (TPSA) is 64.7 Å². The zero-order valence-electron chi connectivity index (χ0n) is 15.2. The van der Waals surface area contributed by atoms with Crippen LogP contribution in [0.1, 0.15) is 12.5 Å². The molecule has 1 aromatic rings. The van der Waals surface area contributed by atoms with Crippen LogP contribution in [0.4, 0.5) is 22.4 Å². The second-order valence-corrected chi connectivity index (χ2v) is 6.92. The molecular weight excluding hydrogens is 404 g/mol. The first-order chi connectivity index (χ1) is 13.0. The van der Waals surface area contributed by atoms with Gasteiger partial charge in [0.05, 0.1) is 6.04 Å². The molecule has 6 nitrogen and oxygen atoms in total. The van der Waals surface area contributed by atoms with Crippen LogP contribution in [0.15, 0.2) is 18.2 Å². The van der Waals surface area contributed by atoms with Crippen LogP contribution in [0.5, 0.6) is 0 Å². The third-order valence-corrected chi connectivity index (χ3v) is 4.78. The van der Waals surface area contributed by atoms with Crippen molar-refractivity contribution >= 4 is 23.5 Å². The van der Waals surface area contributed by atoms with Crippen LogP contribution in [0, 0.1) is 5.82 Å². The predicted molar refractivity (Wildman–Crippen MR) is 95.3 cm³/mol. The summed E-state index contributed by atoms with van der Waals surface area (Å²) in [5.74, 6) is -1.08. The van der Waals surface area contributed by atoms with E-state index in [-0.39, 0.29) is 0 Å². The molecular formula is C17H21ClF4N4O2. The van der Waals surface area contributed by atoms with Gasteiger partial charge in [0.2, 0.25) is 5.91 Å². The van der Waals surface area contributed by atoms with Crippen molar-refractivity contribution in [3.63, 3.8) is 0 Å². The number of piperazine rings is 1. The van der Waals surface area contributed by atoms with Gasteiger partial charge in [-0.2, -0.15) is 13.2 Å². The minimum atomic E-state index is -4.55. The third-order valence-electron chi connectivity index (χ3n) is 4.43. The maximum atomic E-state index is 13.1. The van der Waals surface area contributed by atoms with Crippen molar-refractivity contribution in [3.8, 4) is 0 Å². The van der Waals surface area contributed by atoms with Crippen molar-refractivity contribution in [1.29, 1.82) is 0 Å². The molecule has 2 rings (SSSR count). The number of carbonyl (C=O) groups excluding carboxylic acids is 2. The lowest BCUT2D eigenvalue weighted by Gasteiger charge is -2.37. The molecule has 1 aliphatic heterocycles. The Labute approximate surface area is 164 Å². The summed E-state index contributed by atoms with van der Waals surface area (Å²) in [5, 5.41) is 3.86. The zero-order valence-corrected chi connectivity index (χ0v) is 15.9. The van der Waals surface area contributed by atoms with E-state index >= 15 is 0 Å². The number of rotatable bonds is 5. The lowest BCUT2D eigenvalue weighted by Crippen LogP contribution is -2.55. The Hall–Kier alpha value is -1.91. The SMILES string of the molecule is CC(C(=O)NC(=O)NCC(F)(F)F)N1CCN(Cc2ccc(F)cc2Cl)CC1. The molecule has 2 N–H and O–H groups in total. The van der Waals surface area contributed by atoms with Crippen molar-refractivity contribution in [3.05, 3.63) is 34.6 Å². The Morgan fingerprint density at radius 3 is 2.43 bits per heavy atom. The second-order valence-electron chi connectivity index (χ2n) is 6.51. The lowest BCUT2D eigenvalue weighted by molar-refractivity contribution is -0.127. The van der Waals surface area contributed by atoms with Gasteiger partial charge in [-0.05, 0) is 24.6 Å². The van der Waals surface area contributed by atoms with Gasteiger partial charge in [0.1, 0.15) is 12.4 Å². The van der Waals surface area contributed by atoms with Gasteiger partial charge in [0, 0.05) is 37.7 Å². The molecule has 0 saturated carbocycles. The van der Waals surface area contributed by atoms with Crippen molar-refractivity contribution in [2.75, 3.05) is 32.7 Å². The molecule has 1 unspecified atom stereocenters. The van der Waals surface area contributed by atoms with Crippen molar-refractivity contribution in [1.82, 2.24) is 20.4 Å². The Balaban J connectivity index is 1.78. The molecule has 0 radical (unpaired) electrons. The first kappa shape index (κ1) is 22.4. The van der Waals surface area contributed by atoms with Crippen LogP contribution in [-0.4, -0.2) is 66.7 Å². The predicted octanol–water partition coefficient (Wildman–Crippen LogP) is 2.37. The highest BCUT2D eigenvalue weighted by Crippen LogP contribution is 2.20. The molecule has 1 fully saturated rings. The van der Waals surface area contributed by atoms with E-state index in [4.69, 9.17) is 11.6 Å². The Morgan fingerprint density at radius 2 is 1.86 bits per heavy atom. The van der Waals surface area contributed by atoms with E-state index in [1.807, 2.05) is 10.2 Å². The molecule has 1 heterocycles. The summed E-state index contributed by atoms with van der Waals surface area (Å²) in [6.07, 6.45) is -4.55. The van der Waals surface area contributed by atoms with E-state index in [9.17, 15) is 27.2 Å². The fraction of sp³-hybridized carbons (Fsp3) is 0.529. The summed E-state index contributed by atoms with van der Waals surface area (Å²) < 4.78 is 49.3. The maximum absolute atomic E-state index is 13.1. The zero-order chi connectivity index (χ0) is 20.9. The molecule has 1 aliphatic rings. The molecule has 1 atom stereocenters. The highest BCUT2D eigenvalue weighted by atomic mass is 35.5. The first-order valence-electron chi connectivity index (χ1n) is 8.61. The number of benzene rings is 1. The number of carbonyl (C=O) groups is 2. The number of nitrogens with zero attached hydrogens (tertiary/aromatic N) is 2. The summed E-state index contributed by atoms with van der Waals surface area (Å²) in [7, 11) is 0. The average Bonchev–Trinajstić information content (AvgIpc) is 2.62. The summed E-state index contributed by atoms with van der Waals surface area (Å²) >= 11 is 6.03. The van der Waals surface area contributed by atoms with Gasteiger partial charge in [0.15, 0.2) is 0 Å². The molecule has 0 bridgehead atoms. The Bertz CT molecular complexity index is 709. The summed E-state index contributed by atoms with van der Waals surface area (Å²) in [4.78, 5) is 27.4. The van der Waals surface area contributed by atoms with Crippen LogP contribution in [-0.2, 0) is 11.3 Å². The van der Waals surface area contributed by atoms with Gasteiger partial charge in [-0.1, -0.05) is 17.7 Å². The Kier molecular flexibility index (Phi) is 7.62. The van der Waals surface area contributed by atoms with E-state index in [1.54, 1.807) is 18.3 Å². The lowest BCUT2D eigenvalue weighted by atomic mass is 10.1. The van der Waals surface area contributed by atoms with Gasteiger partial charge in [-0.25, -0.2) is 9.18 Å². The van der Waals surface area contributed by atoms with E-state index in [0.29, 0.717) is 37.7 Å². The number of amides is 3. The van der Waals surface area contributed by atoms with Crippen LogP contribution in [0.3, 0.4) is 0 Å². The largest absolute Gasteiger partial charge is 0.405 e. The standard InChI is InChI=1S/C17H21ClF4N4O2/c1-11(15(27)24-16(28)23-10-17(20,21)22)26-6-4-25(5-7-26)9-12-2-3-13(19)8-14(12)18/h2-3,8,11H,4-7,9-10H2,1H3,(H2,23,24,27,28). The normalized spacial score (nSPS) is 17.2. The number of hydrogen-bond acceptors (Lipinski definition) is 4. The van der Waals surface area contributed by atoms with Gasteiger partial charge >= 0.3 is 12.2 Å². The maximum Gasteiger partial charge on any atom is 0.405 e. The van der Waals surface area contributed by atoms with E-state index in [1.165, 1.54) is 12.1 Å². The molecule has 0 aliphatic carbocycles. The number of nitrogens with one attached hydrogen (secondary N) is 2. The number of alkyl halides is 3. The quantitative estimate of drug-likeness (QED) is 0.712. The molecule has 1 saturated heterocycles. The van der Waals surface area contributed by atoms with Gasteiger partial charge in [-0.3, -0.25) is 19.9 Å². The number of imide groups is 1. The van der Waals surface area contributed by atoms with E-state index in [0.717, 1.165) is 5.56 Å². The molecule has 11 heteroatoms. The van der Waals surface area contributed by atoms with Crippen LogP contribution in [0.2, 0.25) is 5.02 Å². The smallest absolute Gasteiger partial charge is 0.329 e. The van der Waals surface area contributed by atoms with Crippen molar-refractivity contribution in [2.24, 2.45) is 0 Å². The minimum Gasteiger partial charge on any atom is -0.329 e. The molecule has 0 spiro atoms. The first-order valence-corrected chi connectivity index (χ1v) is 8.99. The molecule has 3 amide bonds. The third kappa shape index (κ3) is 6.92. The fourth-order valence-corrected chi connectivity index (χ4v) is 3.03. The second kappa shape index (κ2) is 9.53. The van der Waals surface area contributed by atoms with Gasteiger partial charge < -0.3 is 5.32 Å². The van der Waals surface area contributed by atoms with Crippen molar-refractivity contribution in [2.45, 2.75) is 25.7 Å². The van der Waals surface area contributed by atoms with E-state index in [2.05, 4.69) is 4.90 Å². The molecule has 1 aromatic carbocycles. The van der Waals surface area contributed by atoms with Crippen molar-refractivity contribution < 1.29 is 27.2 Å². The van der Waals surface area contributed by atoms with Gasteiger partial charge in [0.25, 0.3) is 0 Å². The monoisotopic (exact) mass is 424 g/mol. The van der Waals surface area contributed by atoms with Crippen LogP contribution < -0.4 is 10.6 Å². The number of hydrogen-bond donors (Lipinski definition) is 2. The summed E-state index contributed by atoms with van der Waals surface area (Å²) in [5.41, 5.74) is 0.795. The van der Waals surface area contributed by atoms with Crippen LogP contribution in [0.25, 0.3) is 0 Å². The van der Waals surface area contributed by atoms with Gasteiger partial charge in [-0.15, -0.1) is 0 Å². The molecule has 0 aromatic heterocycles. The fourth-order valence-electron chi connectivity index (χ4n) is 2.81. The highest BCUT2D eigenvalue weighted by molar-refractivity contribution is 6.31. The summed E-state index contributed by atoms with van der Waals surface area (Å²) in [6.45, 7) is 2.89. The minimum absolute atomic E-state index is 0.347. The number of urea groups is 1. The summed E-state index contributed by atoms with van der Waals surface area (Å²) in [6, 6.07) is 2.36. The Morgan fingerprint density at radius 1 is 1.21 bits per heavy atom. The molecule has 28 heavy (non-hydrogen) atoms.